The van der Waals surface area contributed by atoms with E-state index in [4.69, 9.17) is 29.4 Å². The van der Waals surface area contributed by atoms with Crippen LogP contribution in [0, 0.1) is 23.7 Å². The molecule has 12 nitrogen and oxygen atoms in total. The van der Waals surface area contributed by atoms with Crippen LogP contribution in [0.15, 0.2) is 146 Å². The molecule has 4 heterocycles. The monoisotopic (exact) mass is 1120 g/mol. The summed E-state index contributed by atoms with van der Waals surface area (Å²) in [4.78, 5) is 47.4. The predicted molar refractivity (Wildman–Crippen MR) is 334 cm³/mol. The minimum atomic E-state index is -0.387. The summed E-state index contributed by atoms with van der Waals surface area (Å²) >= 11 is 0. The molecule has 0 spiro atoms. The molecule has 2 amide bonds. The zero-order chi connectivity index (χ0) is 58.0. The Bertz CT molecular complexity index is 3900. The highest BCUT2D eigenvalue weighted by molar-refractivity contribution is 6.13. The molecule has 2 unspecified atom stereocenters. The topological polar surface area (TPSA) is 169 Å². The highest BCUT2D eigenvalue weighted by atomic mass is 16.5. The number of amides is 2. The van der Waals surface area contributed by atoms with Gasteiger partial charge in [-0.1, -0.05) is 136 Å². The van der Waals surface area contributed by atoms with Gasteiger partial charge in [-0.25, -0.2) is 19.9 Å². The molecule has 0 radical (unpaired) electrons. The first-order chi connectivity index (χ1) is 40.6. The fraction of sp³-hybridized carbons (Fsp3) is 0.361. The van der Waals surface area contributed by atoms with E-state index in [1.165, 1.54) is 24.0 Å². The zero-order valence-corrected chi connectivity index (χ0v) is 48.9. The lowest BCUT2D eigenvalue weighted by Crippen LogP contribution is -2.46. The first-order valence-corrected chi connectivity index (χ1v) is 30.3. The first-order valence-electron chi connectivity index (χ1n) is 30.3. The van der Waals surface area contributed by atoms with Crippen LogP contribution in [-0.4, -0.2) is 78.5 Å². The number of aromatic nitrogens is 4. The lowest BCUT2D eigenvalue weighted by atomic mass is 9.64. The third-order valence-corrected chi connectivity index (χ3v) is 18.9. The Morgan fingerprint density at radius 1 is 0.488 bits per heavy atom. The summed E-state index contributed by atoms with van der Waals surface area (Å²) in [5, 5.41) is 30.2. The lowest BCUT2D eigenvalue weighted by Gasteiger charge is -2.49. The molecule has 2 fully saturated rings. The highest BCUT2D eigenvalue weighted by Gasteiger charge is 2.49. The van der Waals surface area contributed by atoms with Crippen LogP contribution in [0.3, 0.4) is 0 Å². The third kappa shape index (κ3) is 10.2. The predicted octanol–water partition coefficient (Wildman–Crippen LogP) is 13.9. The molecule has 84 heavy (non-hydrogen) atoms. The number of nitrogens with one attached hydrogen (secondary N) is 2. The van der Waals surface area contributed by atoms with E-state index in [0.29, 0.717) is 70.5 Å². The molecule has 8 atom stereocenters. The summed E-state index contributed by atoms with van der Waals surface area (Å²) in [6.07, 6.45) is 7.99. The molecule has 14 rings (SSSR count). The quantitative estimate of drug-likeness (QED) is 0.0764. The van der Waals surface area contributed by atoms with Gasteiger partial charge in [0.25, 0.3) is 11.8 Å². The van der Waals surface area contributed by atoms with Gasteiger partial charge in [-0.3, -0.25) is 9.59 Å². The Morgan fingerprint density at radius 3 is 1.25 bits per heavy atom. The number of hydrogen-bond acceptors (Lipinski definition) is 10. The number of nitrogens with zero attached hydrogens (tertiary/aromatic N) is 4. The standard InChI is InChI=1S/2C36H37N3O3/c2*1-21-13-15-28-27(17-21)31-33-32(25-11-7-8-12-26(25)34(31)42-36(28,2)3)38-29-16-14-23(19-30(29)39-33)35(41)37-24(20-40)18-22-9-5-4-6-10-22/h2*4-12,14,16,19,21,24,27-28,40H,13,15,17-18,20H2,1-3H3,(H,37,41)/t2*21-,24?,27-,28-/m10/s1. The SMILES string of the molecule is C[C@@H]1CC[C@@H]2[C@@H](C1)c1c(c3ccccc3c3nc4ccc(C(=O)NC(CO)Cc5ccccc5)cc4nc13)OC2(C)C.C[C@H]1CC[C@H]2[C@H](C1)c1c(c3ccccc3c3nc4ccc(C(=O)NC(CO)Cc5ccccc5)cc4nc13)OC2(C)C. The number of carbonyl (C=O) groups is 2. The minimum Gasteiger partial charge on any atom is -0.487 e. The summed E-state index contributed by atoms with van der Waals surface area (Å²) in [6.45, 7) is 13.3. The Hall–Kier alpha value is -8.06. The number of benzene rings is 8. The second-order valence-corrected chi connectivity index (χ2v) is 25.6. The van der Waals surface area contributed by atoms with Gasteiger partial charge in [-0.2, -0.15) is 0 Å². The van der Waals surface area contributed by atoms with Gasteiger partial charge in [0, 0.05) is 55.6 Å². The second-order valence-electron chi connectivity index (χ2n) is 25.6. The summed E-state index contributed by atoms with van der Waals surface area (Å²) < 4.78 is 13.7. The Morgan fingerprint density at radius 2 is 0.857 bits per heavy atom. The van der Waals surface area contributed by atoms with Crippen molar-refractivity contribution in [2.45, 2.75) is 128 Å². The number of rotatable bonds is 10. The Kier molecular flexibility index (Phi) is 14.6. The van der Waals surface area contributed by atoms with E-state index in [1.807, 2.05) is 97.1 Å². The molecule has 8 aromatic carbocycles. The molecule has 2 aliphatic heterocycles. The average Bonchev–Trinajstić information content (AvgIpc) is 0.974. The van der Waals surface area contributed by atoms with E-state index in [0.717, 1.165) is 103 Å². The molecule has 12 heteroatoms. The van der Waals surface area contributed by atoms with Gasteiger partial charge in [-0.15, -0.1) is 0 Å². The number of aliphatic hydroxyl groups is 2. The van der Waals surface area contributed by atoms with Gasteiger partial charge < -0.3 is 30.3 Å². The van der Waals surface area contributed by atoms with E-state index in [9.17, 15) is 19.8 Å². The van der Waals surface area contributed by atoms with Crippen molar-refractivity contribution in [3.8, 4) is 11.5 Å². The fourth-order valence-corrected chi connectivity index (χ4v) is 14.7. The van der Waals surface area contributed by atoms with Crippen LogP contribution in [0.2, 0.25) is 0 Å². The van der Waals surface area contributed by atoms with Gasteiger partial charge in [0.1, 0.15) is 22.7 Å². The molecule has 4 aliphatic rings. The van der Waals surface area contributed by atoms with Crippen LogP contribution in [0.5, 0.6) is 11.5 Å². The molecule has 2 aromatic heterocycles. The third-order valence-electron chi connectivity index (χ3n) is 18.9. The molecular weight excluding hydrogens is 1040 g/mol. The van der Waals surface area contributed by atoms with E-state index >= 15 is 0 Å². The maximum absolute atomic E-state index is 13.3. The summed E-state index contributed by atoms with van der Waals surface area (Å²) in [5.41, 5.74) is 11.3. The fourth-order valence-electron chi connectivity index (χ4n) is 14.7. The second kappa shape index (κ2) is 22.2. The molecule has 4 N–H and O–H groups in total. The van der Waals surface area contributed by atoms with Crippen molar-refractivity contribution in [2.75, 3.05) is 13.2 Å². The van der Waals surface area contributed by atoms with Crippen LogP contribution >= 0.6 is 0 Å². The first kappa shape index (κ1) is 55.1. The van der Waals surface area contributed by atoms with Crippen molar-refractivity contribution in [3.05, 3.63) is 179 Å². The van der Waals surface area contributed by atoms with Crippen LogP contribution in [0.1, 0.15) is 135 Å². The molecule has 10 aromatic rings. The van der Waals surface area contributed by atoms with Crippen molar-refractivity contribution in [2.24, 2.45) is 23.7 Å². The Labute approximate surface area is 490 Å². The van der Waals surface area contributed by atoms with Gasteiger partial charge >= 0.3 is 0 Å². The summed E-state index contributed by atoms with van der Waals surface area (Å²) in [6, 6.07) is 46.7. The van der Waals surface area contributed by atoms with E-state index in [1.54, 1.807) is 12.1 Å². The van der Waals surface area contributed by atoms with Crippen molar-refractivity contribution in [1.29, 1.82) is 0 Å². The van der Waals surface area contributed by atoms with Crippen LogP contribution < -0.4 is 20.1 Å². The largest absolute Gasteiger partial charge is 0.487 e. The lowest BCUT2D eigenvalue weighted by molar-refractivity contribution is -0.0118. The van der Waals surface area contributed by atoms with Crippen molar-refractivity contribution in [3.63, 3.8) is 0 Å². The van der Waals surface area contributed by atoms with Gasteiger partial charge in [0.15, 0.2) is 0 Å². The normalized spacial score (nSPS) is 21.9. The van der Waals surface area contributed by atoms with Crippen molar-refractivity contribution in [1.82, 2.24) is 30.6 Å². The molecular formula is C72H74N6O6. The number of carbonyl (C=O) groups excluding carboxylic acids is 2. The van der Waals surface area contributed by atoms with Crippen LogP contribution in [0.25, 0.3) is 65.7 Å². The van der Waals surface area contributed by atoms with Crippen molar-refractivity contribution >= 4 is 77.5 Å². The maximum atomic E-state index is 13.3. The Balaban J connectivity index is 0.000000157. The summed E-state index contributed by atoms with van der Waals surface area (Å²) in [5.74, 6) is 4.14. The number of aliphatic hydroxyl groups excluding tert-OH is 2. The van der Waals surface area contributed by atoms with Gasteiger partial charge in [-0.05, 0) is 137 Å². The number of hydrogen-bond donors (Lipinski definition) is 4. The van der Waals surface area contributed by atoms with Crippen molar-refractivity contribution < 1.29 is 29.3 Å². The maximum Gasteiger partial charge on any atom is 0.251 e. The number of fused-ring (bicyclic) bond motifs is 18. The van der Waals surface area contributed by atoms with Gasteiger partial charge in [0.05, 0.1) is 69.4 Å². The number of ether oxygens (including phenoxy) is 2. The molecule has 0 saturated heterocycles. The van der Waals surface area contributed by atoms with E-state index in [-0.39, 0.29) is 48.3 Å². The summed E-state index contributed by atoms with van der Waals surface area (Å²) in [7, 11) is 0. The molecule has 428 valence electrons. The van der Waals surface area contributed by atoms with Gasteiger partial charge in [0.2, 0.25) is 0 Å². The molecule has 2 saturated carbocycles. The van der Waals surface area contributed by atoms with Crippen LogP contribution in [-0.2, 0) is 12.8 Å². The average molecular weight is 1120 g/mol. The minimum absolute atomic E-state index is 0.144. The molecule has 2 aliphatic carbocycles. The molecule has 0 bridgehead atoms. The zero-order valence-electron chi connectivity index (χ0n) is 48.9. The van der Waals surface area contributed by atoms with E-state index < -0.39 is 0 Å². The highest BCUT2D eigenvalue weighted by Crippen LogP contribution is 2.58. The van der Waals surface area contributed by atoms with E-state index in [2.05, 4.69) is 88.6 Å². The van der Waals surface area contributed by atoms with Crippen LogP contribution in [0.4, 0.5) is 0 Å². The smallest absolute Gasteiger partial charge is 0.251 e.